The fourth-order valence-electron chi connectivity index (χ4n) is 2.15. The van der Waals surface area contributed by atoms with Crippen molar-refractivity contribution in [1.82, 2.24) is 0 Å². The maximum Gasteiger partial charge on any atom is 1.00 e. The van der Waals surface area contributed by atoms with Gasteiger partial charge in [0.25, 0.3) is 0 Å². The monoisotopic (exact) mass is 490 g/mol. The molecular weight excluding hydrogens is 465 g/mol. The molecule has 0 saturated carbocycles. The summed E-state index contributed by atoms with van der Waals surface area (Å²) in [6.07, 6.45) is 10.2. The number of halogens is 1. The molecule has 3 N–H and O–H groups in total. The van der Waals surface area contributed by atoms with E-state index >= 15 is 0 Å². The van der Waals surface area contributed by atoms with Crippen molar-refractivity contribution in [3.05, 3.63) is 78.7 Å². The molecule has 8 heteroatoms. The van der Waals surface area contributed by atoms with Gasteiger partial charge in [-0.3, -0.25) is 0 Å². The van der Waals surface area contributed by atoms with Crippen molar-refractivity contribution < 1.29 is 92.5 Å². The van der Waals surface area contributed by atoms with Crippen LogP contribution in [-0.4, -0.2) is 46.2 Å². The molecule has 0 aromatic heterocycles. The van der Waals surface area contributed by atoms with E-state index in [2.05, 4.69) is 0 Å². The van der Waals surface area contributed by atoms with E-state index in [1.807, 2.05) is 0 Å². The second kappa shape index (κ2) is 17.7. The topological polar surface area (TPSA) is 110 Å². The second-order valence-corrected chi connectivity index (χ2v) is 6.19. The van der Waals surface area contributed by atoms with Gasteiger partial charge in [-0.05, 0) is 43.5 Å². The molecule has 0 bridgehead atoms. The van der Waals surface area contributed by atoms with E-state index < -0.39 is 24.3 Å². The van der Waals surface area contributed by atoms with Crippen molar-refractivity contribution >= 4 is 5.97 Å². The number of hydrogen-bond acceptors (Lipinski definition) is 6. The molecule has 0 aliphatic carbocycles. The zero-order valence-corrected chi connectivity index (χ0v) is 21.8. The van der Waals surface area contributed by atoms with Crippen LogP contribution < -0.4 is 68.0 Å². The SMILES string of the molecule is O=C([O-])CCC[C@H](O)[C@H](O)/C=C/C=C/C=C\C=C\[C@H](O)COc1ccc(F)cc1.[Rb+]. The second-order valence-electron chi connectivity index (χ2n) is 6.19. The Kier molecular flexibility index (Phi) is 17.2. The molecule has 1 aromatic rings. The largest absolute Gasteiger partial charge is 1.00 e. The molecule has 0 aliphatic heterocycles. The molecule has 1 rings (SSSR count). The number of rotatable bonds is 13. The molecule has 158 valence electrons. The van der Waals surface area contributed by atoms with Crippen LogP contribution in [0.1, 0.15) is 19.3 Å². The molecule has 0 radical (unpaired) electrons. The minimum Gasteiger partial charge on any atom is -0.550 e. The van der Waals surface area contributed by atoms with Gasteiger partial charge in [0, 0.05) is 5.97 Å². The van der Waals surface area contributed by atoms with Crippen molar-refractivity contribution in [2.24, 2.45) is 0 Å². The standard InChI is InChI=1S/C22H27FO6.Rb/c23-17-12-14-19(15-13-17)29-16-18(24)8-5-3-1-2-4-6-9-20(25)21(26)10-7-11-22(27)28;/h1-6,8-9,12-15,18,20-21,24-26H,7,10-11,16H2,(H,27,28);/q;+1/p-1/b3-1-,4-2+,8-5+,9-6+;/t18-,20+,21-;/m0./s1. The van der Waals surface area contributed by atoms with Crippen LogP contribution in [0.3, 0.4) is 0 Å². The molecule has 0 saturated heterocycles. The molecule has 1 aromatic carbocycles. The Hall–Kier alpha value is -0.935. The van der Waals surface area contributed by atoms with Gasteiger partial charge in [-0.1, -0.05) is 48.6 Å². The van der Waals surface area contributed by atoms with Crippen molar-refractivity contribution in [1.29, 1.82) is 0 Å². The Balaban J connectivity index is 0.00000841. The van der Waals surface area contributed by atoms with Gasteiger partial charge >= 0.3 is 58.2 Å². The van der Waals surface area contributed by atoms with Gasteiger partial charge in [0.05, 0.1) is 12.2 Å². The van der Waals surface area contributed by atoms with Crippen LogP contribution in [0, 0.1) is 5.82 Å². The number of carboxylic acid groups (broad SMARTS) is 1. The van der Waals surface area contributed by atoms with Crippen LogP contribution in [-0.2, 0) is 4.79 Å². The first kappa shape index (κ1) is 29.1. The van der Waals surface area contributed by atoms with Crippen LogP contribution in [0.4, 0.5) is 4.39 Å². The molecule has 0 unspecified atom stereocenters. The fraction of sp³-hybridized carbons (Fsp3) is 0.318. The number of benzene rings is 1. The van der Waals surface area contributed by atoms with Gasteiger partial charge in [-0.15, -0.1) is 0 Å². The molecule has 3 atom stereocenters. The molecule has 0 aliphatic rings. The summed E-state index contributed by atoms with van der Waals surface area (Å²) in [7, 11) is 0. The van der Waals surface area contributed by atoms with Crippen molar-refractivity contribution in [2.75, 3.05) is 6.61 Å². The normalized spacial score (nSPS) is 14.9. The summed E-state index contributed by atoms with van der Waals surface area (Å²) >= 11 is 0. The number of allylic oxidation sites excluding steroid dienone is 6. The zero-order chi connectivity index (χ0) is 21.5. The van der Waals surface area contributed by atoms with Gasteiger partial charge in [-0.2, -0.15) is 0 Å². The third kappa shape index (κ3) is 15.0. The van der Waals surface area contributed by atoms with Crippen molar-refractivity contribution in [3.63, 3.8) is 0 Å². The number of aliphatic carboxylic acids is 1. The number of carbonyl (C=O) groups excluding carboxylic acids is 1. The first-order valence-corrected chi connectivity index (χ1v) is 9.19. The smallest absolute Gasteiger partial charge is 0.550 e. The quantitative estimate of drug-likeness (QED) is 0.288. The molecule has 30 heavy (non-hydrogen) atoms. The first-order chi connectivity index (χ1) is 13.9. The Labute approximate surface area is 224 Å². The van der Waals surface area contributed by atoms with Crippen molar-refractivity contribution in [2.45, 2.75) is 37.6 Å². The van der Waals surface area contributed by atoms with Crippen LogP contribution in [0.2, 0.25) is 0 Å². The van der Waals surface area contributed by atoms with E-state index in [1.54, 1.807) is 36.5 Å². The first-order valence-electron chi connectivity index (χ1n) is 9.19. The van der Waals surface area contributed by atoms with E-state index in [0.29, 0.717) is 5.75 Å². The molecule has 0 fully saturated rings. The minimum atomic E-state index is -1.18. The molecule has 0 heterocycles. The number of ether oxygens (including phenoxy) is 1. The molecule has 0 amide bonds. The minimum absolute atomic E-state index is 0. The van der Waals surface area contributed by atoms with Crippen LogP contribution in [0.25, 0.3) is 0 Å². The molecular formula is C22H26FO6Rb. The van der Waals surface area contributed by atoms with E-state index in [-0.39, 0.29) is 89.9 Å². The predicted octanol–water partition coefficient (Wildman–Crippen LogP) is -1.56. The van der Waals surface area contributed by atoms with Crippen LogP contribution in [0.5, 0.6) is 5.75 Å². The average molecular weight is 491 g/mol. The third-order valence-electron chi connectivity index (χ3n) is 3.71. The summed E-state index contributed by atoms with van der Waals surface area (Å²) in [5, 5.41) is 39.4. The average Bonchev–Trinajstić information content (AvgIpc) is 2.69. The number of aliphatic hydroxyl groups excluding tert-OH is 3. The van der Waals surface area contributed by atoms with Gasteiger partial charge in [-0.25, -0.2) is 4.39 Å². The number of carboxylic acids is 1. The zero-order valence-electron chi connectivity index (χ0n) is 16.9. The Morgan fingerprint density at radius 3 is 2.17 bits per heavy atom. The van der Waals surface area contributed by atoms with Gasteiger partial charge in [0.15, 0.2) is 0 Å². The van der Waals surface area contributed by atoms with E-state index in [9.17, 15) is 29.6 Å². The number of carbonyl (C=O) groups is 1. The summed E-state index contributed by atoms with van der Waals surface area (Å²) in [5.41, 5.74) is 0. The number of hydrogen-bond donors (Lipinski definition) is 3. The maximum absolute atomic E-state index is 12.8. The maximum atomic E-state index is 12.8. The summed E-state index contributed by atoms with van der Waals surface area (Å²) in [5.74, 6) is -1.07. The predicted molar refractivity (Wildman–Crippen MR) is 105 cm³/mol. The van der Waals surface area contributed by atoms with E-state index in [0.717, 1.165) is 0 Å². The Morgan fingerprint density at radius 1 is 1.00 bits per heavy atom. The Morgan fingerprint density at radius 2 is 1.57 bits per heavy atom. The van der Waals surface area contributed by atoms with Gasteiger partial charge in [0.1, 0.15) is 24.3 Å². The molecule has 0 spiro atoms. The Bertz CT molecular complexity index is 715. The van der Waals surface area contributed by atoms with Crippen LogP contribution >= 0.6 is 0 Å². The van der Waals surface area contributed by atoms with E-state index in [4.69, 9.17) is 4.74 Å². The van der Waals surface area contributed by atoms with Crippen LogP contribution in [0.15, 0.2) is 72.9 Å². The summed E-state index contributed by atoms with van der Waals surface area (Å²) < 4.78 is 18.1. The van der Waals surface area contributed by atoms with E-state index in [1.165, 1.54) is 36.4 Å². The summed E-state index contributed by atoms with van der Waals surface area (Å²) in [4.78, 5) is 10.3. The molecule has 6 nitrogen and oxygen atoms in total. The fourth-order valence-corrected chi connectivity index (χ4v) is 2.15. The van der Waals surface area contributed by atoms with Gasteiger partial charge in [0.2, 0.25) is 0 Å². The van der Waals surface area contributed by atoms with Crippen molar-refractivity contribution in [3.8, 4) is 5.75 Å². The van der Waals surface area contributed by atoms with Gasteiger partial charge < -0.3 is 30.0 Å². The third-order valence-corrected chi connectivity index (χ3v) is 3.71. The number of aliphatic hydroxyl groups is 3. The summed E-state index contributed by atoms with van der Waals surface area (Å²) in [6.45, 7) is 0.0394. The summed E-state index contributed by atoms with van der Waals surface area (Å²) in [6, 6.07) is 5.51.